The number of fused-ring (bicyclic) bond motifs is 1. The summed E-state index contributed by atoms with van der Waals surface area (Å²) in [5, 5.41) is 4.71. The van der Waals surface area contributed by atoms with Crippen molar-refractivity contribution in [3.05, 3.63) is 78.1 Å². The lowest BCUT2D eigenvalue weighted by Crippen LogP contribution is -2.60. The molecule has 8 heteroatoms. The lowest BCUT2D eigenvalue weighted by atomic mass is 9.92. The summed E-state index contributed by atoms with van der Waals surface area (Å²) in [5.74, 6) is -0.351. The van der Waals surface area contributed by atoms with Gasteiger partial charge in [0.2, 0.25) is 0 Å². The van der Waals surface area contributed by atoms with Crippen LogP contribution in [-0.2, 0) is 11.2 Å². The summed E-state index contributed by atoms with van der Waals surface area (Å²) in [6.45, 7) is 7.15. The van der Waals surface area contributed by atoms with E-state index in [0.29, 0.717) is 12.0 Å². The van der Waals surface area contributed by atoms with Crippen LogP contribution in [0.2, 0.25) is 0 Å². The van der Waals surface area contributed by atoms with Crippen LogP contribution in [0, 0.1) is 0 Å². The maximum absolute atomic E-state index is 12.7. The van der Waals surface area contributed by atoms with Crippen LogP contribution in [0.15, 0.2) is 67.0 Å². The smallest absolute Gasteiger partial charge is 0.408 e. The molecule has 3 N–H and O–H groups in total. The van der Waals surface area contributed by atoms with Crippen LogP contribution in [0.3, 0.4) is 0 Å². The molecule has 0 bridgehead atoms. The van der Waals surface area contributed by atoms with Gasteiger partial charge in [-0.05, 0) is 56.8 Å². The first-order chi connectivity index (χ1) is 15.6. The standard InChI is InChI=1S/C25H28N4O3S/c1-24(2,3)32-23(31)27-25(4,15-17-8-6-5-7-9-17)22(33)29-28-21(30)19-10-11-20-16-26-13-12-18(20)14-19/h5-14,16H,15H2,1-4H3,(H,27,31)(H,28,30)(H,29,33). The van der Waals surface area contributed by atoms with E-state index >= 15 is 0 Å². The number of aromatic nitrogens is 1. The Kier molecular flexibility index (Phi) is 7.28. The molecule has 0 aliphatic carbocycles. The fraction of sp³-hybridized carbons (Fsp3) is 0.280. The van der Waals surface area contributed by atoms with Gasteiger partial charge in [0.1, 0.15) is 10.6 Å². The fourth-order valence-corrected chi connectivity index (χ4v) is 3.44. The van der Waals surface area contributed by atoms with Gasteiger partial charge in [0.25, 0.3) is 5.91 Å². The minimum Gasteiger partial charge on any atom is -0.444 e. The monoisotopic (exact) mass is 464 g/mol. The van der Waals surface area contributed by atoms with E-state index in [-0.39, 0.29) is 10.9 Å². The molecule has 1 atom stereocenters. The number of nitrogens with zero attached hydrogens (tertiary/aromatic N) is 1. The molecule has 1 heterocycles. The summed E-state index contributed by atoms with van der Waals surface area (Å²) >= 11 is 5.59. The quantitative estimate of drug-likeness (QED) is 0.385. The van der Waals surface area contributed by atoms with Crippen molar-refractivity contribution in [2.75, 3.05) is 0 Å². The Hall–Kier alpha value is -3.52. The summed E-state index contributed by atoms with van der Waals surface area (Å²) in [4.78, 5) is 29.6. The lowest BCUT2D eigenvalue weighted by molar-refractivity contribution is 0.0491. The zero-order valence-corrected chi connectivity index (χ0v) is 20.0. The Morgan fingerprint density at radius 1 is 0.970 bits per heavy atom. The van der Waals surface area contributed by atoms with Gasteiger partial charge >= 0.3 is 6.09 Å². The van der Waals surface area contributed by atoms with Crippen LogP contribution in [0.5, 0.6) is 0 Å². The maximum atomic E-state index is 12.7. The molecule has 0 aliphatic rings. The number of pyridine rings is 1. The van der Waals surface area contributed by atoms with E-state index in [1.54, 1.807) is 52.2 Å². The highest BCUT2D eigenvalue weighted by atomic mass is 32.1. The van der Waals surface area contributed by atoms with Crippen molar-refractivity contribution < 1.29 is 14.3 Å². The van der Waals surface area contributed by atoms with E-state index in [1.807, 2.05) is 42.5 Å². The van der Waals surface area contributed by atoms with Crippen molar-refractivity contribution in [1.29, 1.82) is 0 Å². The van der Waals surface area contributed by atoms with Crippen LogP contribution in [0.25, 0.3) is 10.8 Å². The van der Waals surface area contributed by atoms with E-state index < -0.39 is 17.2 Å². The van der Waals surface area contributed by atoms with Crippen LogP contribution in [0.1, 0.15) is 43.6 Å². The first-order valence-corrected chi connectivity index (χ1v) is 11.0. The highest BCUT2D eigenvalue weighted by Gasteiger charge is 2.34. The molecule has 0 saturated heterocycles. The molecule has 7 nitrogen and oxygen atoms in total. The van der Waals surface area contributed by atoms with Gasteiger partial charge in [-0.15, -0.1) is 0 Å². The number of hydrogen-bond acceptors (Lipinski definition) is 5. The Bertz CT molecular complexity index is 1160. The zero-order chi connectivity index (χ0) is 24.1. The molecule has 3 aromatic rings. The lowest BCUT2D eigenvalue weighted by Gasteiger charge is -2.33. The first-order valence-electron chi connectivity index (χ1n) is 10.6. The number of amides is 2. The van der Waals surface area contributed by atoms with E-state index in [9.17, 15) is 9.59 Å². The second-order valence-corrected chi connectivity index (χ2v) is 9.38. The van der Waals surface area contributed by atoms with Crippen LogP contribution >= 0.6 is 12.2 Å². The van der Waals surface area contributed by atoms with E-state index in [0.717, 1.165) is 16.3 Å². The van der Waals surface area contributed by atoms with E-state index in [2.05, 4.69) is 21.2 Å². The Balaban J connectivity index is 1.73. The third-order valence-corrected chi connectivity index (χ3v) is 5.42. The third kappa shape index (κ3) is 6.73. The minimum absolute atomic E-state index is 0.246. The minimum atomic E-state index is -1.01. The molecular weight excluding hydrogens is 436 g/mol. The van der Waals surface area contributed by atoms with Gasteiger partial charge in [-0.3, -0.25) is 20.6 Å². The number of hydrogen-bond donors (Lipinski definition) is 3. The van der Waals surface area contributed by atoms with Crippen molar-refractivity contribution in [2.24, 2.45) is 0 Å². The zero-order valence-electron chi connectivity index (χ0n) is 19.1. The number of ether oxygens (including phenoxy) is 1. The molecule has 0 aliphatic heterocycles. The molecule has 0 radical (unpaired) electrons. The van der Waals surface area contributed by atoms with Gasteiger partial charge in [0.05, 0.1) is 5.54 Å². The molecule has 2 amide bonds. The molecule has 3 rings (SSSR count). The van der Waals surface area contributed by atoms with E-state index in [1.165, 1.54) is 0 Å². The van der Waals surface area contributed by atoms with Crippen molar-refractivity contribution in [1.82, 2.24) is 21.2 Å². The second kappa shape index (κ2) is 9.95. The Labute approximate surface area is 198 Å². The molecule has 172 valence electrons. The predicted octanol–water partition coefficient (Wildman–Crippen LogP) is 4.32. The number of nitrogens with one attached hydrogen (secondary N) is 3. The van der Waals surface area contributed by atoms with Gasteiger partial charge in [-0.1, -0.05) is 48.6 Å². The molecule has 0 spiro atoms. The van der Waals surface area contributed by atoms with Crippen LogP contribution < -0.4 is 16.2 Å². The highest BCUT2D eigenvalue weighted by Crippen LogP contribution is 2.17. The first kappa shape index (κ1) is 24.1. The van der Waals surface area contributed by atoms with Crippen molar-refractivity contribution >= 4 is 40.0 Å². The maximum Gasteiger partial charge on any atom is 0.408 e. The summed E-state index contributed by atoms with van der Waals surface area (Å²) in [6.07, 6.45) is 3.22. The SMILES string of the molecule is CC(C)(C)OC(=O)NC(C)(Cc1ccccc1)C(=S)NNC(=O)c1ccc2cnccc2c1. The van der Waals surface area contributed by atoms with Gasteiger partial charge in [-0.2, -0.15) is 0 Å². The summed E-state index contributed by atoms with van der Waals surface area (Å²) in [5.41, 5.74) is 5.21. The van der Waals surface area contributed by atoms with Gasteiger partial charge in [0.15, 0.2) is 0 Å². The van der Waals surface area contributed by atoms with E-state index in [4.69, 9.17) is 17.0 Å². The molecule has 33 heavy (non-hydrogen) atoms. The highest BCUT2D eigenvalue weighted by molar-refractivity contribution is 7.80. The number of carbonyl (C=O) groups is 2. The summed E-state index contributed by atoms with van der Waals surface area (Å²) in [6, 6.07) is 16.8. The molecule has 1 unspecified atom stereocenters. The topological polar surface area (TPSA) is 92.4 Å². The van der Waals surface area contributed by atoms with Crippen molar-refractivity contribution in [3.63, 3.8) is 0 Å². The van der Waals surface area contributed by atoms with Gasteiger partial charge in [-0.25, -0.2) is 4.79 Å². The number of alkyl carbamates (subject to hydrolysis) is 1. The molecule has 0 saturated carbocycles. The number of hydrazine groups is 1. The average molecular weight is 465 g/mol. The summed E-state index contributed by atoms with van der Waals surface area (Å²) in [7, 11) is 0. The average Bonchev–Trinajstić information content (AvgIpc) is 2.76. The predicted molar refractivity (Wildman–Crippen MR) is 133 cm³/mol. The number of rotatable bonds is 5. The number of thiocarbonyl (C=S) groups is 1. The van der Waals surface area contributed by atoms with Crippen LogP contribution in [-0.4, -0.2) is 33.1 Å². The largest absolute Gasteiger partial charge is 0.444 e. The van der Waals surface area contributed by atoms with Crippen LogP contribution in [0.4, 0.5) is 4.79 Å². The molecule has 0 fully saturated rings. The number of carbonyl (C=O) groups excluding carboxylic acids is 2. The molecule has 1 aromatic heterocycles. The van der Waals surface area contributed by atoms with Crippen molar-refractivity contribution in [2.45, 2.75) is 45.3 Å². The molecule has 2 aromatic carbocycles. The summed E-state index contributed by atoms with van der Waals surface area (Å²) < 4.78 is 5.43. The Morgan fingerprint density at radius 2 is 1.70 bits per heavy atom. The Morgan fingerprint density at radius 3 is 2.39 bits per heavy atom. The van der Waals surface area contributed by atoms with Gasteiger partial charge in [0, 0.05) is 29.8 Å². The second-order valence-electron chi connectivity index (χ2n) is 8.97. The van der Waals surface area contributed by atoms with Crippen molar-refractivity contribution in [3.8, 4) is 0 Å². The third-order valence-electron chi connectivity index (χ3n) is 4.87. The van der Waals surface area contributed by atoms with Gasteiger partial charge < -0.3 is 10.1 Å². The number of benzene rings is 2. The molecular formula is C25H28N4O3S. The fourth-order valence-electron chi connectivity index (χ4n) is 3.26. The normalized spacial score (nSPS) is 13.0.